The Morgan fingerprint density at radius 3 is 2.73 bits per heavy atom. The molecule has 0 heterocycles. The van der Waals surface area contributed by atoms with Gasteiger partial charge in [0.05, 0.1) is 0 Å². The molecule has 0 bridgehead atoms. The van der Waals surface area contributed by atoms with Crippen molar-refractivity contribution in [1.82, 2.24) is 0 Å². The highest BCUT2D eigenvalue weighted by molar-refractivity contribution is 9.10. The van der Waals surface area contributed by atoms with Crippen LogP contribution in [0.15, 0.2) is 22.7 Å². The molecule has 0 spiro atoms. The van der Waals surface area contributed by atoms with Crippen LogP contribution in [0.1, 0.15) is 38.7 Å². The van der Waals surface area contributed by atoms with Crippen molar-refractivity contribution in [2.24, 2.45) is 0 Å². The summed E-state index contributed by atoms with van der Waals surface area (Å²) in [5.74, 6) is 0. The minimum atomic E-state index is 0.561. The van der Waals surface area contributed by atoms with E-state index in [0.29, 0.717) is 6.04 Å². The van der Waals surface area contributed by atoms with Crippen molar-refractivity contribution >= 4 is 21.6 Å². The molecule has 2 heteroatoms. The maximum atomic E-state index is 3.52. The SMILES string of the molecule is CCCCC(C)Nc1ccc(Br)c(C)c1. The van der Waals surface area contributed by atoms with Gasteiger partial charge in [-0.3, -0.25) is 0 Å². The van der Waals surface area contributed by atoms with Crippen LogP contribution < -0.4 is 5.32 Å². The molecule has 15 heavy (non-hydrogen) atoms. The third-order valence-electron chi connectivity index (χ3n) is 2.56. The van der Waals surface area contributed by atoms with E-state index in [9.17, 15) is 0 Å². The van der Waals surface area contributed by atoms with Crippen LogP contribution in [0.3, 0.4) is 0 Å². The van der Waals surface area contributed by atoms with Crippen molar-refractivity contribution in [2.75, 3.05) is 5.32 Å². The molecule has 0 fully saturated rings. The van der Waals surface area contributed by atoms with Crippen molar-refractivity contribution in [3.63, 3.8) is 0 Å². The Bertz CT molecular complexity index is 309. The van der Waals surface area contributed by atoms with Crippen LogP contribution in [0.2, 0.25) is 0 Å². The lowest BCUT2D eigenvalue weighted by Gasteiger charge is -2.15. The molecule has 1 rings (SSSR count). The molecule has 1 N–H and O–H groups in total. The summed E-state index contributed by atoms with van der Waals surface area (Å²) in [6, 6.07) is 6.97. The van der Waals surface area contributed by atoms with Crippen LogP contribution in [0.25, 0.3) is 0 Å². The highest BCUT2D eigenvalue weighted by Crippen LogP contribution is 2.21. The zero-order chi connectivity index (χ0) is 11.3. The second kappa shape index (κ2) is 6.16. The number of hydrogen-bond acceptors (Lipinski definition) is 1. The highest BCUT2D eigenvalue weighted by Gasteiger charge is 2.02. The summed E-state index contributed by atoms with van der Waals surface area (Å²) in [6.45, 7) is 6.59. The number of benzene rings is 1. The third-order valence-corrected chi connectivity index (χ3v) is 3.45. The van der Waals surface area contributed by atoms with E-state index in [1.165, 1.54) is 35.0 Å². The van der Waals surface area contributed by atoms with E-state index in [2.05, 4.69) is 60.2 Å². The lowest BCUT2D eigenvalue weighted by molar-refractivity contribution is 0.645. The first-order chi connectivity index (χ1) is 7.13. The van der Waals surface area contributed by atoms with E-state index in [4.69, 9.17) is 0 Å². The normalized spacial score (nSPS) is 12.5. The van der Waals surface area contributed by atoms with Gasteiger partial charge in [-0.05, 0) is 44.0 Å². The first-order valence-corrected chi connectivity index (χ1v) is 6.45. The Morgan fingerprint density at radius 1 is 1.40 bits per heavy atom. The summed E-state index contributed by atoms with van der Waals surface area (Å²) < 4.78 is 1.18. The van der Waals surface area contributed by atoms with Crippen molar-refractivity contribution in [1.29, 1.82) is 0 Å². The first-order valence-electron chi connectivity index (χ1n) is 5.66. The second-order valence-electron chi connectivity index (χ2n) is 4.15. The Morgan fingerprint density at radius 2 is 2.13 bits per heavy atom. The maximum Gasteiger partial charge on any atom is 0.0345 e. The van der Waals surface area contributed by atoms with E-state index in [0.717, 1.165) is 0 Å². The fraction of sp³-hybridized carbons (Fsp3) is 0.538. The van der Waals surface area contributed by atoms with Gasteiger partial charge in [-0.1, -0.05) is 35.7 Å². The number of aryl methyl sites for hydroxylation is 1. The van der Waals surface area contributed by atoms with Crippen molar-refractivity contribution < 1.29 is 0 Å². The topological polar surface area (TPSA) is 12.0 Å². The van der Waals surface area contributed by atoms with Crippen molar-refractivity contribution in [3.8, 4) is 0 Å². The number of unbranched alkanes of at least 4 members (excludes halogenated alkanes) is 1. The Balaban J connectivity index is 2.53. The summed E-state index contributed by atoms with van der Waals surface area (Å²) in [4.78, 5) is 0. The zero-order valence-corrected chi connectivity index (χ0v) is 11.4. The Labute approximate surface area is 101 Å². The number of rotatable bonds is 5. The molecule has 1 atom stereocenters. The van der Waals surface area contributed by atoms with Gasteiger partial charge in [0.15, 0.2) is 0 Å². The minimum absolute atomic E-state index is 0.561. The third kappa shape index (κ3) is 4.25. The molecular weight excluding hydrogens is 250 g/mol. The molecule has 0 amide bonds. The molecule has 1 aromatic carbocycles. The van der Waals surface area contributed by atoms with Crippen LogP contribution in [-0.2, 0) is 0 Å². The predicted octanol–water partition coefficient (Wildman–Crippen LogP) is 4.75. The largest absolute Gasteiger partial charge is 0.383 e. The Hall–Kier alpha value is -0.500. The molecular formula is C13H20BrN. The standard InChI is InChI=1S/C13H20BrN/c1-4-5-6-11(3)15-12-7-8-13(14)10(2)9-12/h7-9,11,15H,4-6H2,1-3H3. The molecule has 0 aliphatic rings. The van der Waals surface area contributed by atoms with Gasteiger partial charge in [-0.25, -0.2) is 0 Å². The molecule has 84 valence electrons. The van der Waals surface area contributed by atoms with Crippen molar-refractivity contribution in [2.45, 2.75) is 46.1 Å². The average Bonchev–Trinajstić information content (AvgIpc) is 2.20. The summed E-state index contributed by atoms with van der Waals surface area (Å²) in [7, 11) is 0. The Kier molecular flexibility index (Phi) is 5.16. The van der Waals surface area contributed by atoms with Crippen LogP contribution in [0.4, 0.5) is 5.69 Å². The van der Waals surface area contributed by atoms with E-state index < -0.39 is 0 Å². The second-order valence-corrected chi connectivity index (χ2v) is 5.01. The average molecular weight is 270 g/mol. The summed E-state index contributed by atoms with van der Waals surface area (Å²) in [5, 5.41) is 3.52. The highest BCUT2D eigenvalue weighted by atomic mass is 79.9. The van der Waals surface area contributed by atoms with Gasteiger partial charge in [0.1, 0.15) is 0 Å². The minimum Gasteiger partial charge on any atom is -0.383 e. The van der Waals surface area contributed by atoms with Gasteiger partial charge < -0.3 is 5.32 Å². The molecule has 0 aromatic heterocycles. The quantitative estimate of drug-likeness (QED) is 0.814. The fourth-order valence-electron chi connectivity index (χ4n) is 1.60. The number of anilines is 1. The molecule has 0 radical (unpaired) electrons. The molecule has 1 unspecified atom stereocenters. The molecule has 0 saturated heterocycles. The summed E-state index contributed by atoms with van der Waals surface area (Å²) in [6.07, 6.45) is 3.81. The molecule has 0 aliphatic carbocycles. The van der Waals surface area contributed by atoms with Gasteiger partial charge in [0.2, 0.25) is 0 Å². The predicted molar refractivity (Wildman–Crippen MR) is 71.5 cm³/mol. The van der Waals surface area contributed by atoms with Crippen LogP contribution in [0.5, 0.6) is 0 Å². The van der Waals surface area contributed by atoms with Crippen LogP contribution >= 0.6 is 15.9 Å². The van der Waals surface area contributed by atoms with Gasteiger partial charge >= 0.3 is 0 Å². The molecule has 1 aromatic rings. The van der Waals surface area contributed by atoms with E-state index in [1.54, 1.807) is 0 Å². The van der Waals surface area contributed by atoms with Gasteiger partial charge in [0.25, 0.3) is 0 Å². The summed E-state index contributed by atoms with van der Waals surface area (Å²) >= 11 is 3.51. The van der Waals surface area contributed by atoms with Crippen LogP contribution in [-0.4, -0.2) is 6.04 Å². The van der Waals surface area contributed by atoms with Gasteiger partial charge in [0, 0.05) is 16.2 Å². The van der Waals surface area contributed by atoms with Gasteiger partial charge in [-0.2, -0.15) is 0 Å². The molecule has 1 nitrogen and oxygen atoms in total. The van der Waals surface area contributed by atoms with E-state index in [1.807, 2.05) is 0 Å². The number of hydrogen-bond donors (Lipinski definition) is 1. The molecule has 0 aliphatic heterocycles. The van der Waals surface area contributed by atoms with Crippen LogP contribution in [0, 0.1) is 6.92 Å². The lowest BCUT2D eigenvalue weighted by atomic mass is 10.1. The number of halogens is 1. The fourth-order valence-corrected chi connectivity index (χ4v) is 1.85. The number of nitrogens with one attached hydrogen (secondary N) is 1. The summed E-state index contributed by atoms with van der Waals surface area (Å²) in [5.41, 5.74) is 2.50. The first kappa shape index (κ1) is 12.6. The van der Waals surface area contributed by atoms with Crippen molar-refractivity contribution in [3.05, 3.63) is 28.2 Å². The molecule has 0 saturated carbocycles. The van der Waals surface area contributed by atoms with E-state index >= 15 is 0 Å². The monoisotopic (exact) mass is 269 g/mol. The van der Waals surface area contributed by atoms with Gasteiger partial charge in [-0.15, -0.1) is 0 Å². The van der Waals surface area contributed by atoms with E-state index in [-0.39, 0.29) is 0 Å². The smallest absolute Gasteiger partial charge is 0.0345 e. The lowest BCUT2D eigenvalue weighted by Crippen LogP contribution is -2.14. The maximum absolute atomic E-state index is 3.52. The zero-order valence-electron chi connectivity index (χ0n) is 9.81.